The first-order chi connectivity index (χ1) is 7.38. The monoisotopic (exact) mass is 242 g/mol. The summed E-state index contributed by atoms with van der Waals surface area (Å²) in [6, 6.07) is 2.00. The predicted octanol–water partition coefficient (Wildman–Crippen LogP) is 1.97. The van der Waals surface area contributed by atoms with E-state index >= 15 is 0 Å². The summed E-state index contributed by atoms with van der Waals surface area (Å²) in [6.07, 6.45) is 0. The number of ether oxygens (including phenoxy) is 1. The highest BCUT2D eigenvalue weighted by Gasteiger charge is 2.01. The van der Waals surface area contributed by atoms with Crippen molar-refractivity contribution in [3.63, 3.8) is 0 Å². The van der Waals surface area contributed by atoms with Crippen LogP contribution < -0.4 is 0 Å². The van der Waals surface area contributed by atoms with E-state index in [1.165, 1.54) is 4.88 Å². The van der Waals surface area contributed by atoms with Gasteiger partial charge in [-0.05, 0) is 11.4 Å². The molecular weight excluding hydrogens is 228 g/mol. The highest BCUT2D eigenvalue weighted by Crippen LogP contribution is 2.21. The van der Waals surface area contributed by atoms with Crippen molar-refractivity contribution >= 4 is 23.1 Å². The van der Waals surface area contributed by atoms with Gasteiger partial charge in [-0.25, -0.2) is 0 Å². The fourth-order valence-corrected chi connectivity index (χ4v) is 2.91. The molecule has 15 heavy (non-hydrogen) atoms. The molecule has 1 aromatic rings. The van der Waals surface area contributed by atoms with Crippen LogP contribution in [-0.2, 0) is 10.5 Å². The number of aliphatic hydroxyl groups excluding tert-OH is 1. The summed E-state index contributed by atoms with van der Waals surface area (Å²) < 4.78 is 4.98. The molecule has 1 N–H and O–H groups in total. The number of methoxy groups -OCH3 is 1. The third kappa shape index (κ3) is 4.72. The molecule has 0 saturated heterocycles. The minimum Gasteiger partial charge on any atom is -0.384 e. The van der Waals surface area contributed by atoms with Gasteiger partial charge in [0.1, 0.15) is 6.61 Å². The Morgan fingerprint density at radius 3 is 3.20 bits per heavy atom. The van der Waals surface area contributed by atoms with Gasteiger partial charge in [-0.1, -0.05) is 11.8 Å². The summed E-state index contributed by atoms with van der Waals surface area (Å²) in [6.45, 7) is 0.708. The van der Waals surface area contributed by atoms with Crippen molar-refractivity contribution in [2.45, 2.75) is 5.75 Å². The number of hydrogen-bond donors (Lipinski definition) is 1. The van der Waals surface area contributed by atoms with Crippen LogP contribution >= 0.6 is 23.1 Å². The topological polar surface area (TPSA) is 29.5 Å². The van der Waals surface area contributed by atoms with Gasteiger partial charge in [0.05, 0.1) is 6.61 Å². The van der Waals surface area contributed by atoms with Gasteiger partial charge in [-0.15, -0.1) is 11.3 Å². The Morgan fingerprint density at radius 2 is 2.47 bits per heavy atom. The second-order valence-corrected chi connectivity index (χ2v) is 4.87. The molecule has 0 amide bonds. The SMILES string of the molecule is COCCSCc1sccc1C#CCO. The van der Waals surface area contributed by atoms with Crippen molar-refractivity contribution in [2.75, 3.05) is 26.1 Å². The molecule has 0 radical (unpaired) electrons. The average Bonchev–Trinajstić information content (AvgIpc) is 2.69. The average molecular weight is 242 g/mol. The Kier molecular flexibility index (Phi) is 6.53. The number of rotatable bonds is 5. The second kappa shape index (κ2) is 7.77. The molecule has 2 nitrogen and oxygen atoms in total. The maximum atomic E-state index is 8.61. The zero-order valence-electron chi connectivity index (χ0n) is 8.66. The molecule has 4 heteroatoms. The lowest BCUT2D eigenvalue weighted by molar-refractivity contribution is 0.218. The molecule has 0 bridgehead atoms. The van der Waals surface area contributed by atoms with E-state index < -0.39 is 0 Å². The van der Waals surface area contributed by atoms with Crippen LogP contribution in [0.15, 0.2) is 11.4 Å². The Morgan fingerprint density at radius 1 is 1.60 bits per heavy atom. The number of thiophene rings is 1. The van der Waals surface area contributed by atoms with Crippen LogP contribution in [-0.4, -0.2) is 31.2 Å². The summed E-state index contributed by atoms with van der Waals surface area (Å²) in [5.41, 5.74) is 1.04. The van der Waals surface area contributed by atoms with Crippen molar-refractivity contribution in [3.05, 3.63) is 21.9 Å². The van der Waals surface area contributed by atoms with E-state index in [0.717, 1.165) is 23.7 Å². The van der Waals surface area contributed by atoms with Gasteiger partial charge in [0.2, 0.25) is 0 Å². The standard InChI is InChI=1S/C11H14O2S2/c1-13-6-8-14-9-11-10(3-2-5-12)4-7-15-11/h4,7,12H,5-6,8-9H2,1H3. The third-order valence-electron chi connectivity index (χ3n) is 1.71. The molecule has 0 spiro atoms. The van der Waals surface area contributed by atoms with Crippen molar-refractivity contribution in [1.82, 2.24) is 0 Å². The predicted molar refractivity (Wildman–Crippen MR) is 66.3 cm³/mol. The summed E-state index contributed by atoms with van der Waals surface area (Å²) in [7, 11) is 1.71. The molecular formula is C11H14O2S2. The molecule has 0 saturated carbocycles. The molecule has 1 aromatic heterocycles. The minimum absolute atomic E-state index is 0.0773. The molecule has 0 aliphatic heterocycles. The molecule has 0 atom stereocenters. The van der Waals surface area contributed by atoms with Crippen LogP contribution in [0.4, 0.5) is 0 Å². The molecule has 0 aliphatic rings. The van der Waals surface area contributed by atoms with Crippen LogP contribution in [0.25, 0.3) is 0 Å². The van der Waals surface area contributed by atoms with Gasteiger partial charge < -0.3 is 9.84 Å². The first-order valence-corrected chi connectivity index (χ1v) is 6.64. The maximum absolute atomic E-state index is 8.61. The molecule has 1 rings (SSSR count). The van der Waals surface area contributed by atoms with E-state index in [0.29, 0.717) is 0 Å². The van der Waals surface area contributed by atoms with Crippen LogP contribution in [0.3, 0.4) is 0 Å². The van der Waals surface area contributed by atoms with Gasteiger partial charge in [0, 0.05) is 29.1 Å². The second-order valence-electron chi connectivity index (χ2n) is 2.76. The lowest BCUT2D eigenvalue weighted by atomic mass is 10.3. The lowest BCUT2D eigenvalue weighted by Gasteiger charge is -1.99. The number of thioether (sulfide) groups is 1. The zero-order valence-corrected chi connectivity index (χ0v) is 10.3. The number of aliphatic hydroxyl groups is 1. The van der Waals surface area contributed by atoms with Crippen molar-refractivity contribution < 1.29 is 9.84 Å². The Bertz CT molecular complexity index is 336. The minimum atomic E-state index is -0.0773. The zero-order chi connectivity index (χ0) is 10.9. The van der Waals surface area contributed by atoms with Crippen LogP contribution in [0.2, 0.25) is 0 Å². The fraction of sp³-hybridized carbons (Fsp3) is 0.455. The van der Waals surface area contributed by atoms with E-state index in [4.69, 9.17) is 9.84 Å². The van der Waals surface area contributed by atoms with Crippen molar-refractivity contribution in [2.24, 2.45) is 0 Å². The van der Waals surface area contributed by atoms with Gasteiger partial charge in [-0.3, -0.25) is 0 Å². The Balaban J connectivity index is 2.43. The van der Waals surface area contributed by atoms with E-state index in [-0.39, 0.29) is 6.61 Å². The normalized spacial score (nSPS) is 9.73. The largest absolute Gasteiger partial charge is 0.384 e. The number of hydrogen-bond acceptors (Lipinski definition) is 4. The van der Waals surface area contributed by atoms with E-state index in [9.17, 15) is 0 Å². The van der Waals surface area contributed by atoms with Gasteiger partial charge >= 0.3 is 0 Å². The smallest absolute Gasteiger partial charge is 0.104 e. The Hall–Kier alpha value is -0.470. The van der Waals surface area contributed by atoms with Crippen LogP contribution in [0, 0.1) is 11.8 Å². The molecule has 82 valence electrons. The first-order valence-electron chi connectivity index (χ1n) is 4.61. The van der Waals surface area contributed by atoms with E-state index in [1.807, 2.05) is 23.2 Å². The maximum Gasteiger partial charge on any atom is 0.104 e. The van der Waals surface area contributed by atoms with Crippen molar-refractivity contribution in [3.8, 4) is 11.8 Å². The third-order valence-corrected chi connectivity index (χ3v) is 3.76. The van der Waals surface area contributed by atoms with E-state index in [2.05, 4.69) is 11.8 Å². The van der Waals surface area contributed by atoms with Gasteiger partial charge in [0.25, 0.3) is 0 Å². The highest BCUT2D eigenvalue weighted by atomic mass is 32.2. The molecule has 1 heterocycles. The Labute approximate surface area is 98.7 Å². The first kappa shape index (κ1) is 12.6. The quantitative estimate of drug-likeness (QED) is 0.632. The summed E-state index contributed by atoms with van der Waals surface area (Å²) in [5, 5.41) is 10.6. The highest BCUT2D eigenvalue weighted by molar-refractivity contribution is 7.98. The van der Waals surface area contributed by atoms with Crippen LogP contribution in [0.1, 0.15) is 10.4 Å². The molecule has 0 aromatic carbocycles. The molecule has 0 aliphatic carbocycles. The summed E-state index contributed by atoms with van der Waals surface area (Å²) in [4.78, 5) is 1.28. The molecule has 0 unspecified atom stereocenters. The van der Waals surface area contributed by atoms with Crippen LogP contribution in [0.5, 0.6) is 0 Å². The summed E-state index contributed by atoms with van der Waals surface area (Å²) in [5.74, 6) is 7.59. The lowest BCUT2D eigenvalue weighted by Crippen LogP contribution is -1.92. The summed E-state index contributed by atoms with van der Waals surface area (Å²) >= 11 is 3.55. The molecule has 0 fully saturated rings. The van der Waals surface area contributed by atoms with E-state index in [1.54, 1.807) is 18.4 Å². The van der Waals surface area contributed by atoms with Gasteiger partial charge in [-0.2, -0.15) is 11.8 Å². The van der Waals surface area contributed by atoms with Gasteiger partial charge in [0.15, 0.2) is 0 Å². The van der Waals surface area contributed by atoms with Crippen molar-refractivity contribution in [1.29, 1.82) is 0 Å². The fourth-order valence-electron chi connectivity index (χ4n) is 1.01.